The van der Waals surface area contributed by atoms with Gasteiger partial charge in [-0.15, -0.1) is 0 Å². The van der Waals surface area contributed by atoms with Gasteiger partial charge >= 0.3 is 0 Å². The Morgan fingerprint density at radius 2 is 2.08 bits per heavy atom. The summed E-state index contributed by atoms with van der Waals surface area (Å²) in [5, 5.41) is 3.04. The highest BCUT2D eigenvalue weighted by molar-refractivity contribution is 5.98. The number of halogens is 1. The predicted molar refractivity (Wildman–Crippen MR) is 97.4 cm³/mol. The second-order valence-electron chi connectivity index (χ2n) is 6.88. The number of aromatic nitrogens is 3. The number of nitrogens with zero attached hydrogens (tertiary/aromatic N) is 3. The van der Waals surface area contributed by atoms with Gasteiger partial charge in [-0.3, -0.25) is 9.20 Å². The van der Waals surface area contributed by atoms with E-state index >= 15 is 0 Å². The average Bonchev–Trinajstić information content (AvgIpc) is 3.41. The van der Waals surface area contributed by atoms with Crippen molar-refractivity contribution in [2.75, 3.05) is 0 Å². The van der Waals surface area contributed by atoms with Gasteiger partial charge in [0.25, 0.3) is 5.91 Å². The normalized spacial score (nSPS) is 15.2. The number of carbonyl (C=O) groups excluding carboxylic acids is 1. The second-order valence-corrected chi connectivity index (χ2v) is 6.88. The van der Waals surface area contributed by atoms with Crippen LogP contribution in [0.25, 0.3) is 16.9 Å². The summed E-state index contributed by atoms with van der Waals surface area (Å²) >= 11 is 0. The summed E-state index contributed by atoms with van der Waals surface area (Å²) < 4.78 is 15.1. The molecular weight excluding hydrogens is 331 g/mol. The van der Waals surface area contributed by atoms with E-state index in [9.17, 15) is 9.18 Å². The van der Waals surface area contributed by atoms with Gasteiger partial charge in [-0.25, -0.2) is 14.4 Å². The number of benzene rings is 1. The molecule has 3 aromatic rings. The minimum atomic E-state index is -0.288. The topological polar surface area (TPSA) is 59.3 Å². The van der Waals surface area contributed by atoms with E-state index in [1.807, 2.05) is 24.3 Å². The highest BCUT2D eigenvalue weighted by Crippen LogP contribution is 2.32. The molecule has 0 bridgehead atoms. The number of aryl methyl sites for hydroxylation is 1. The third-order valence-corrected chi connectivity index (χ3v) is 4.99. The number of carbonyl (C=O) groups is 1. The predicted octanol–water partition coefficient (Wildman–Crippen LogP) is 3.63. The van der Waals surface area contributed by atoms with Crippen molar-refractivity contribution in [3.63, 3.8) is 0 Å². The summed E-state index contributed by atoms with van der Waals surface area (Å²) in [6.07, 6.45) is 4.74. The van der Waals surface area contributed by atoms with Crippen molar-refractivity contribution in [3.05, 3.63) is 53.9 Å². The van der Waals surface area contributed by atoms with Crippen molar-refractivity contribution in [2.45, 2.75) is 39.2 Å². The largest absolute Gasteiger partial charge is 0.348 e. The molecule has 4 rings (SSSR count). The summed E-state index contributed by atoms with van der Waals surface area (Å²) in [4.78, 5) is 21.6. The molecule has 2 heterocycles. The molecule has 0 aliphatic heterocycles. The minimum Gasteiger partial charge on any atom is -0.348 e. The van der Waals surface area contributed by atoms with Crippen molar-refractivity contribution < 1.29 is 9.18 Å². The van der Waals surface area contributed by atoms with Crippen LogP contribution < -0.4 is 5.32 Å². The highest BCUT2D eigenvalue weighted by atomic mass is 19.1. The lowest BCUT2D eigenvalue weighted by molar-refractivity contribution is 0.0933. The van der Waals surface area contributed by atoms with Crippen LogP contribution in [0.3, 0.4) is 0 Å². The van der Waals surface area contributed by atoms with Crippen molar-refractivity contribution in [1.82, 2.24) is 19.7 Å². The van der Waals surface area contributed by atoms with Crippen LogP contribution in [0, 0.1) is 11.7 Å². The number of amides is 1. The molecule has 0 spiro atoms. The smallest absolute Gasteiger partial charge is 0.274 e. The fourth-order valence-electron chi connectivity index (χ4n) is 3.22. The van der Waals surface area contributed by atoms with Crippen molar-refractivity contribution >= 4 is 11.6 Å². The van der Waals surface area contributed by atoms with Crippen LogP contribution in [0.1, 0.15) is 42.9 Å². The number of fused-ring (bicyclic) bond motifs is 1. The van der Waals surface area contributed by atoms with Gasteiger partial charge in [0.15, 0.2) is 11.3 Å². The molecule has 1 aliphatic carbocycles. The fourth-order valence-corrected chi connectivity index (χ4v) is 3.22. The van der Waals surface area contributed by atoms with Crippen molar-refractivity contribution in [2.24, 2.45) is 5.92 Å². The molecule has 0 radical (unpaired) electrons. The van der Waals surface area contributed by atoms with Crippen molar-refractivity contribution in [3.8, 4) is 11.3 Å². The number of nitrogens with one attached hydrogen (secondary N) is 1. The number of hydrogen-bond acceptors (Lipinski definition) is 3. The Bertz CT molecular complexity index is 960. The summed E-state index contributed by atoms with van der Waals surface area (Å²) in [6.45, 7) is 4.07. The Morgan fingerprint density at radius 1 is 1.35 bits per heavy atom. The molecule has 1 aliphatic rings. The average molecular weight is 352 g/mol. The molecule has 1 unspecified atom stereocenters. The standard InChI is InChI=1S/C20H21FN4O/c1-3-16-10-17(14-6-8-15(21)9-7-14)24-19-18(22-11-25(16)19)20(26)23-12(2)13-4-5-13/h6-13H,3-5H2,1-2H3,(H,23,26). The van der Waals surface area contributed by atoms with Gasteiger partial charge < -0.3 is 5.32 Å². The first-order chi connectivity index (χ1) is 12.6. The Kier molecular flexibility index (Phi) is 4.18. The van der Waals surface area contributed by atoms with Gasteiger partial charge in [0.2, 0.25) is 0 Å². The number of imidazole rings is 1. The molecule has 1 saturated carbocycles. The lowest BCUT2D eigenvalue weighted by atomic mass is 10.1. The van der Waals surface area contributed by atoms with Crippen molar-refractivity contribution in [1.29, 1.82) is 0 Å². The summed E-state index contributed by atoms with van der Waals surface area (Å²) in [6, 6.07) is 8.31. The first-order valence-electron chi connectivity index (χ1n) is 9.00. The molecule has 1 fully saturated rings. The van der Waals surface area contributed by atoms with E-state index in [4.69, 9.17) is 0 Å². The monoisotopic (exact) mass is 352 g/mol. The summed E-state index contributed by atoms with van der Waals surface area (Å²) in [5.74, 6) is 0.0866. The fraction of sp³-hybridized carbons (Fsp3) is 0.350. The van der Waals surface area contributed by atoms with Crippen LogP contribution in [0.5, 0.6) is 0 Å². The Balaban J connectivity index is 1.76. The first-order valence-corrected chi connectivity index (χ1v) is 9.00. The maximum atomic E-state index is 13.2. The van der Waals surface area contributed by atoms with Crippen LogP contribution in [0.15, 0.2) is 36.7 Å². The van der Waals surface area contributed by atoms with Gasteiger partial charge in [-0.2, -0.15) is 0 Å². The molecule has 134 valence electrons. The molecule has 1 N–H and O–H groups in total. The Hall–Kier alpha value is -2.76. The van der Waals surface area contributed by atoms with E-state index in [0.29, 0.717) is 23.0 Å². The lowest BCUT2D eigenvalue weighted by Crippen LogP contribution is -2.34. The van der Waals surface area contributed by atoms with Gasteiger partial charge in [-0.05, 0) is 62.4 Å². The second kappa shape index (κ2) is 6.52. The molecule has 1 aromatic carbocycles. The van der Waals surface area contributed by atoms with E-state index in [2.05, 4.69) is 15.3 Å². The Morgan fingerprint density at radius 3 is 2.73 bits per heavy atom. The minimum absolute atomic E-state index is 0.144. The Labute approximate surface area is 151 Å². The molecule has 1 atom stereocenters. The first kappa shape index (κ1) is 16.7. The zero-order valence-electron chi connectivity index (χ0n) is 14.9. The van der Waals surface area contributed by atoms with Crippen LogP contribution in [0.2, 0.25) is 0 Å². The van der Waals surface area contributed by atoms with Gasteiger partial charge in [0.05, 0.1) is 5.69 Å². The van der Waals surface area contributed by atoms with Crippen LogP contribution in [-0.2, 0) is 6.42 Å². The van der Waals surface area contributed by atoms with Crippen LogP contribution in [-0.4, -0.2) is 26.3 Å². The maximum Gasteiger partial charge on any atom is 0.274 e. The third kappa shape index (κ3) is 3.07. The zero-order valence-corrected chi connectivity index (χ0v) is 14.9. The molecule has 1 amide bonds. The van der Waals surface area contributed by atoms with E-state index in [-0.39, 0.29) is 17.8 Å². The van der Waals surface area contributed by atoms with E-state index in [1.165, 1.54) is 25.0 Å². The third-order valence-electron chi connectivity index (χ3n) is 4.99. The molecule has 0 saturated heterocycles. The van der Waals surface area contributed by atoms with E-state index in [0.717, 1.165) is 17.7 Å². The number of rotatable bonds is 5. The maximum absolute atomic E-state index is 13.2. The highest BCUT2D eigenvalue weighted by Gasteiger charge is 2.30. The van der Waals surface area contributed by atoms with E-state index < -0.39 is 0 Å². The SMILES string of the molecule is CCc1cc(-c2ccc(F)cc2)nc2c(C(=O)NC(C)C3CC3)ncn12. The molecule has 6 heteroatoms. The molecule has 5 nitrogen and oxygen atoms in total. The molecular formula is C20H21FN4O. The zero-order chi connectivity index (χ0) is 18.3. The summed E-state index contributed by atoms with van der Waals surface area (Å²) in [7, 11) is 0. The van der Waals surface area contributed by atoms with Gasteiger partial charge in [0.1, 0.15) is 12.1 Å². The molecule has 2 aromatic heterocycles. The van der Waals surface area contributed by atoms with Crippen LogP contribution >= 0.6 is 0 Å². The van der Waals surface area contributed by atoms with Crippen LogP contribution in [0.4, 0.5) is 4.39 Å². The van der Waals surface area contributed by atoms with E-state index in [1.54, 1.807) is 18.5 Å². The van der Waals surface area contributed by atoms with Gasteiger partial charge in [0, 0.05) is 17.3 Å². The molecule has 26 heavy (non-hydrogen) atoms. The van der Waals surface area contributed by atoms with Gasteiger partial charge in [-0.1, -0.05) is 6.92 Å². The lowest BCUT2D eigenvalue weighted by Gasteiger charge is -2.12. The number of hydrogen-bond donors (Lipinski definition) is 1. The quantitative estimate of drug-likeness (QED) is 0.763. The summed E-state index contributed by atoms with van der Waals surface area (Å²) in [5.41, 5.74) is 3.37.